The van der Waals surface area contributed by atoms with E-state index in [2.05, 4.69) is 21.2 Å². The lowest BCUT2D eigenvalue weighted by atomic mass is 10.3. The third-order valence-corrected chi connectivity index (χ3v) is 4.13. The van der Waals surface area contributed by atoms with Gasteiger partial charge in [-0.3, -0.25) is 4.79 Å². The number of benzene rings is 1. The number of carbonyl (C=O) groups is 1. The molecule has 0 fully saturated rings. The number of carbonyl (C=O) groups excluding carboxylic acids is 1. The van der Waals surface area contributed by atoms with Gasteiger partial charge in [0, 0.05) is 23.8 Å². The van der Waals surface area contributed by atoms with Crippen molar-refractivity contribution in [2.24, 2.45) is 0 Å². The molecule has 0 heterocycles. The van der Waals surface area contributed by atoms with Gasteiger partial charge >= 0.3 is 0 Å². The van der Waals surface area contributed by atoms with E-state index in [9.17, 15) is 17.6 Å². The molecular formula is C10H10BrClFNO4S. The zero-order valence-electron chi connectivity index (χ0n) is 9.91. The third-order valence-electron chi connectivity index (χ3n) is 2.17. The average molecular weight is 375 g/mol. The first-order chi connectivity index (χ1) is 8.66. The monoisotopic (exact) mass is 373 g/mol. The van der Waals surface area contributed by atoms with Crippen molar-refractivity contribution in [3.05, 3.63) is 22.4 Å². The summed E-state index contributed by atoms with van der Waals surface area (Å²) in [5.41, 5.74) is 0. The molecule has 0 spiro atoms. The van der Waals surface area contributed by atoms with E-state index >= 15 is 0 Å². The van der Waals surface area contributed by atoms with Crippen LogP contribution in [0.3, 0.4) is 0 Å². The van der Waals surface area contributed by atoms with Gasteiger partial charge in [-0.05, 0) is 28.9 Å². The van der Waals surface area contributed by atoms with E-state index in [1.807, 2.05) is 0 Å². The predicted octanol–water partition coefficient (Wildman–Crippen LogP) is 2.03. The van der Waals surface area contributed by atoms with Gasteiger partial charge in [0.15, 0.2) is 6.10 Å². The van der Waals surface area contributed by atoms with E-state index in [0.29, 0.717) is 0 Å². The highest BCUT2D eigenvalue weighted by molar-refractivity contribution is 9.10. The summed E-state index contributed by atoms with van der Waals surface area (Å²) in [7, 11) is 2.31. The second-order valence-corrected chi connectivity index (χ2v) is 6.91. The first-order valence-electron chi connectivity index (χ1n) is 4.98. The Balaban J connectivity index is 3.13. The largest absolute Gasteiger partial charge is 0.480 e. The second-order valence-electron chi connectivity index (χ2n) is 3.53. The first kappa shape index (κ1) is 16.2. The molecule has 0 saturated carbocycles. The molecule has 0 bridgehead atoms. The van der Waals surface area contributed by atoms with Crippen LogP contribution in [0.15, 0.2) is 21.5 Å². The summed E-state index contributed by atoms with van der Waals surface area (Å²) in [6, 6.07) is 1.82. The second kappa shape index (κ2) is 6.06. The Labute approximate surface area is 122 Å². The number of amides is 1. The minimum atomic E-state index is -4.19. The van der Waals surface area contributed by atoms with E-state index < -0.39 is 31.8 Å². The van der Waals surface area contributed by atoms with Gasteiger partial charge in [0.1, 0.15) is 16.5 Å². The summed E-state index contributed by atoms with van der Waals surface area (Å²) < 4.78 is 41.2. The predicted molar refractivity (Wildman–Crippen MR) is 71.3 cm³/mol. The fraction of sp³-hybridized carbons (Fsp3) is 0.300. The Morgan fingerprint density at radius 1 is 1.53 bits per heavy atom. The van der Waals surface area contributed by atoms with Crippen LogP contribution >= 0.6 is 26.6 Å². The topological polar surface area (TPSA) is 72.5 Å². The van der Waals surface area contributed by atoms with Crippen molar-refractivity contribution >= 4 is 41.6 Å². The molecule has 0 aliphatic heterocycles. The third kappa shape index (κ3) is 4.05. The van der Waals surface area contributed by atoms with Crippen molar-refractivity contribution < 1.29 is 22.3 Å². The van der Waals surface area contributed by atoms with Gasteiger partial charge in [-0.25, -0.2) is 12.8 Å². The van der Waals surface area contributed by atoms with Crippen LogP contribution < -0.4 is 10.1 Å². The van der Waals surface area contributed by atoms with E-state index in [1.165, 1.54) is 14.0 Å². The highest BCUT2D eigenvalue weighted by Crippen LogP contribution is 2.32. The summed E-state index contributed by atoms with van der Waals surface area (Å²) in [6.45, 7) is 1.47. The molecular weight excluding hydrogens is 365 g/mol. The summed E-state index contributed by atoms with van der Waals surface area (Å²) in [5, 5.41) is 2.36. The Hall–Kier alpha value is -0.860. The molecule has 5 nitrogen and oxygen atoms in total. The number of nitrogens with one attached hydrogen (secondary N) is 1. The lowest BCUT2D eigenvalue weighted by molar-refractivity contribution is -0.126. The van der Waals surface area contributed by atoms with Gasteiger partial charge in [0.25, 0.3) is 15.0 Å². The van der Waals surface area contributed by atoms with Crippen molar-refractivity contribution in [1.29, 1.82) is 0 Å². The molecule has 1 N–H and O–H groups in total. The smallest absolute Gasteiger partial charge is 0.264 e. The molecule has 1 unspecified atom stereocenters. The van der Waals surface area contributed by atoms with Crippen LogP contribution in [0.5, 0.6) is 5.75 Å². The molecule has 0 aliphatic carbocycles. The van der Waals surface area contributed by atoms with Crippen LogP contribution in [-0.2, 0) is 13.8 Å². The first-order valence-corrected chi connectivity index (χ1v) is 8.09. The maximum atomic E-state index is 13.6. The lowest BCUT2D eigenvalue weighted by Crippen LogP contribution is -2.33. The number of likely N-dealkylation sites (N-methyl/N-ethyl adjacent to an activating group) is 1. The molecule has 106 valence electrons. The quantitative estimate of drug-likeness (QED) is 0.819. The molecule has 0 saturated heterocycles. The van der Waals surface area contributed by atoms with E-state index in [4.69, 9.17) is 15.4 Å². The highest BCUT2D eigenvalue weighted by atomic mass is 79.9. The fourth-order valence-electron chi connectivity index (χ4n) is 1.23. The van der Waals surface area contributed by atoms with E-state index in [0.717, 1.165) is 12.1 Å². The van der Waals surface area contributed by atoms with Crippen molar-refractivity contribution in [3.8, 4) is 5.75 Å². The number of halogens is 3. The molecule has 1 rings (SSSR count). The molecule has 1 aromatic rings. The number of hydrogen-bond donors (Lipinski definition) is 1. The summed E-state index contributed by atoms with van der Waals surface area (Å²) >= 11 is 3.03. The summed E-state index contributed by atoms with van der Waals surface area (Å²) in [5.74, 6) is -1.46. The minimum Gasteiger partial charge on any atom is -0.480 e. The summed E-state index contributed by atoms with van der Waals surface area (Å²) in [4.78, 5) is 10.6. The summed E-state index contributed by atoms with van der Waals surface area (Å²) in [6.07, 6.45) is -0.862. The number of rotatable bonds is 4. The van der Waals surface area contributed by atoms with Gasteiger partial charge < -0.3 is 10.1 Å². The van der Waals surface area contributed by atoms with Gasteiger partial charge in [0.2, 0.25) is 0 Å². The van der Waals surface area contributed by atoms with Gasteiger partial charge in [0.05, 0.1) is 4.47 Å². The minimum absolute atomic E-state index is 0.00216. The fourth-order valence-corrected chi connectivity index (χ4v) is 2.73. The molecule has 0 aliphatic rings. The maximum absolute atomic E-state index is 13.6. The van der Waals surface area contributed by atoms with Gasteiger partial charge in [-0.2, -0.15) is 0 Å². The van der Waals surface area contributed by atoms with Crippen LogP contribution in [0.2, 0.25) is 0 Å². The van der Waals surface area contributed by atoms with E-state index in [-0.39, 0.29) is 10.2 Å². The van der Waals surface area contributed by atoms with Crippen molar-refractivity contribution in [2.75, 3.05) is 7.05 Å². The standard InChI is InChI=1S/C10H10BrClFNO4S/c1-5(10(15)14-2)18-8-4-7(13)9(3-6(8)11)19(12,16)17/h3-5H,1-2H3,(H,14,15). The Kier molecular flexibility index (Phi) is 5.17. The molecule has 1 amide bonds. The zero-order chi connectivity index (χ0) is 14.8. The normalized spacial score (nSPS) is 12.9. The van der Waals surface area contributed by atoms with Crippen LogP contribution in [0.25, 0.3) is 0 Å². The lowest BCUT2D eigenvalue weighted by Gasteiger charge is -2.15. The van der Waals surface area contributed by atoms with Crippen molar-refractivity contribution in [1.82, 2.24) is 5.32 Å². The van der Waals surface area contributed by atoms with Gasteiger partial charge in [-0.1, -0.05) is 0 Å². The molecule has 1 aromatic carbocycles. The van der Waals surface area contributed by atoms with Gasteiger partial charge in [-0.15, -0.1) is 0 Å². The van der Waals surface area contributed by atoms with Crippen LogP contribution in [0, 0.1) is 5.82 Å². The molecule has 0 aromatic heterocycles. The van der Waals surface area contributed by atoms with Crippen LogP contribution in [0.4, 0.5) is 4.39 Å². The maximum Gasteiger partial charge on any atom is 0.264 e. The molecule has 9 heteroatoms. The highest BCUT2D eigenvalue weighted by Gasteiger charge is 2.21. The van der Waals surface area contributed by atoms with E-state index in [1.54, 1.807) is 0 Å². The van der Waals surface area contributed by atoms with Crippen LogP contribution in [0.1, 0.15) is 6.92 Å². The Bertz CT molecular complexity index is 608. The Morgan fingerprint density at radius 2 is 2.11 bits per heavy atom. The zero-order valence-corrected chi connectivity index (χ0v) is 13.1. The average Bonchev–Trinajstić information content (AvgIpc) is 2.30. The number of ether oxygens (including phenoxy) is 1. The van der Waals surface area contributed by atoms with Crippen molar-refractivity contribution in [2.45, 2.75) is 17.9 Å². The number of hydrogen-bond acceptors (Lipinski definition) is 4. The van der Waals surface area contributed by atoms with Crippen LogP contribution in [-0.4, -0.2) is 27.5 Å². The Morgan fingerprint density at radius 3 is 2.58 bits per heavy atom. The van der Waals surface area contributed by atoms with Crippen molar-refractivity contribution in [3.63, 3.8) is 0 Å². The molecule has 19 heavy (non-hydrogen) atoms. The molecule has 1 atom stereocenters. The SMILES string of the molecule is CNC(=O)C(C)Oc1cc(F)c(S(=O)(=O)Cl)cc1Br. The molecule has 0 radical (unpaired) electrons.